The molecule has 4 fully saturated rings. The van der Waals surface area contributed by atoms with Crippen LogP contribution < -0.4 is 5.32 Å². The summed E-state index contributed by atoms with van der Waals surface area (Å²) in [5, 5.41) is 5.05. The maximum atomic E-state index is 14.2. The molecule has 2 aromatic carbocycles. The van der Waals surface area contributed by atoms with Crippen LogP contribution in [-0.4, -0.2) is 70.6 Å². The lowest BCUT2D eigenvalue weighted by Gasteiger charge is -2.47. The van der Waals surface area contributed by atoms with E-state index in [1.165, 1.54) is 40.5 Å². The molecule has 7 heteroatoms. The van der Waals surface area contributed by atoms with Crippen molar-refractivity contribution < 1.29 is 14.3 Å². The van der Waals surface area contributed by atoms with Gasteiger partial charge in [-0.1, -0.05) is 30.2 Å². The van der Waals surface area contributed by atoms with Gasteiger partial charge in [0.2, 0.25) is 5.91 Å². The van der Waals surface area contributed by atoms with Crippen LogP contribution in [0.3, 0.4) is 0 Å². The summed E-state index contributed by atoms with van der Waals surface area (Å²) in [5.41, 5.74) is 7.25. The Morgan fingerprint density at radius 2 is 1.60 bits per heavy atom. The molecule has 4 aliphatic rings. The number of carbonyl (C=O) groups excluding carboxylic acids is 2. The molecule has 1 aliphatic carbocycles. The molecule has 3 aliphatic heterocycles. The van der Waals surface area contributed by atoms with Crippen LogP contribution in [0, 0.1) is 19.8 Å². The van der Waals surface area contributed by atoms with E-state index in [4.69, 9.17) is 4.74 Å². The van der Waals surface area contributed by atoms with Crippen LogP contribution in [0.15, 0.2) is 36.4 Å². The highest BCUT2D eigenvalue weighted by Crippen LogP contribution is 2.41. The largest absolute Gasteiger partial charge is 0.444 e. The summed E-state index contributed by atoms with van der Waals surface area (Å²) in [6.45, 7) is 19.7. The Kier molecular flexibility index (Phi) is 9.25. The van der Waals surface area contributed by atoms with Crippen molar-refractivity contribution >= 4 is 22.9 Å². The number of nitrogens with one attached hydrogen (secondary N) is 2. The Hall–Kier alpha value is -3.32. The number of ether oxygens (including phenoxy) is 1. The Balaban J connectivity index is 1.26. The fourth-order valence-corrected chi connectivity index (χ4v) is 8.30. The minimum Gasteiger partial charge on any atom is -0.444 e. The first-order valence-electron chi connectivity index (χ1n) is 18.0. The number of nitrogens with zero attached hydrogens (tertiary/aromatic N) is 2. The van der Waals surface area contributed by atoms with Gasteiger partial charge in [-0.3, -0.25) is 4.79 Å². The molecule has 1 atom stereocenters. The van der Waals surface area contributed by atoms with E-state index in [-0.39, 0.29) is 17.9 Å². The number of rotatable bonds is 7. The number of aryl methyl sites for hydroxylation is 2. The number of fused-ring (bicyclic) bond motifs is 4. The molecule has 0 spiro atoms. The Morgan fingerprint density at radius 1 is 0.936 bits per heavy atom. The van der Waals surface area contributed by atoms with Gasteiger partial charge in [0.1, 0.15) is 5.60 Å². The van der Waals surface area contributed by atoms with Crippen LogP contribution in [0.1, 0.15) is 108 Å². The third-order valence-electron chi connectivity index (χ3n) is 10.9. The SMILES string of the molecule is Cc1cc(C)cc(-c2[nH]c3ccc(C(C)(C)C(=O)N4CC5CCC4CC5)cc3c2[C@H](C)CNC2CCN(C(=O)OC(C)(C)C)CC2)c1. The molecule has 4 heterocycles. The average molecular weight is 641 g/mol. The number of aromatic amines is 1. The van der Waals surface area contributed by atoms with E-state index in [2.05, 4.69) is 86.2 Å². The fraction of sp³-hybridized carbons (Fsp3) is 0.600. The van der Waals surface area contributed by atoms with E-state index in [1.807, 2.05) is 25.7 Å². The number of benzene rings is 2. The molecule has 3 aromatic rings. The monoisotopic (exact) mass is 640 g/mol. The number of carbonyl (C=O) groups is 2. The van der Waals surface area contributed by atoms with Gasteiger partial charge in [0, 0.05) is 49.2 Å². The van der Waals surface area contributed by atoms with E-state index in [0.717, 1.165) is 55.5 Å². The molecule has 47 heavy (non-hydrogen) atoms. The van der Waals surface area contributed by atoms with Crippen molar-refractivity contribution in [2.45, 2.75) is 123 Å². The van der Waals surface area contributed by atoms with Gasteiger partial charge in [0.05, 0.1) is 11.1 Å². The minimum absolute atomic E-state index is 0.216. The maximum absolute atomic E-state index is 14.2. The van der Waals surface area contributed by atoms with E-state index in [1.54, 1.807) is 0 Å². The smallest absolute Gasteiger partial charge is 0.410 e. The lowest BCUT2D eigenvalue weighted by Crippen LogP contribution is -2.55. The fourth-order valence-electron chi connectivity index (χ4n) is 8.30. The molecule has 2 amide bonds. The van der Waals surface area contributed by atoms with Crippen LogP contribution in [0.2, 0.25) is 0 Å². The lowest BCUT2D eigenvalue weighted by molar-refractivity contribution is -0.144. The maximum Gasteiger partial charge on any atom is 0.410 e. The second-order valence-electron chi connectivity index (χ2n) is 16.4. The van der Waals surface area contributed by atoms with Gasteiger partial charge in [-0.25, -0.2) is 4.79 Å². The summed E-state index contributed by atoms with van der Waals surface area (Å²) in [5.74, 6) is 1.15. The molecule has 0 radical (unpaired) electrons. The molecule has 7 nitrogen and oxygen atoms in total. The molecule has 2 bridgehead atoms. The number of hydrogen-bond acceptors (Lipinski definition) is 4. The Bertz CT molecular complexity index is 1600. The average Bonchev–Trinajstić information content (AvgIpc) is 3.42. The van der Waals surface area contributed by atoms with Crippen molar-refractivity contribution in [3.05, 3.63) is 58.7 Å². The number of aromatic nitrogens is 1. The van der Waals surface area contributed by atoms with Gasteiger partial charge in [-0.05, 0) is 140 Å². The predicted molar refractivity (Wildman–Crippen MR) is 191 cm³/mol. The second-order valence-corrected chi connectivity index (χ2v) is 16.4. The third kappa shape index (κ3) is 7.11. The number of piperidine rings is 3. The molecule has 7 rings (SSSR count). The number of likely N-dealkylation sites (tertiary alicyclic amines) is 1. The van der Waals surface area contributed by atoms with Gasteiger partial charge in [-0.15, -0.1) is 0 Å². The summed E-state index contributed by atoms with van der Waals surface area (Å²) in [4.78, 5) is 34.6. The predicted octanol–water partition coefficient (Wildman–Crippen LogP) is 8.22. The summed E-state index contributed by atoms with van der Waals surface area (Å²) in [7, 11) is 0. The summed E-state index contributed by atoms with van der Waals surface area (Å²) in [6, 6.07) is 14.2. The number of H-pyrrole nitrogens is 1. The third-order valence-corrected chi connectivity index (χ3v) is 10.9. The molecule has 1 saturated carbocycles. The minimum atomic E-state index is -0.607. The van der Waals surface area contributed by atoms with Crippen LogP contribution in [0.4, 0.5) is 4.79 Å². The van der Waals surface area contributed by atoms with Crippen molar-refractivity contribution in [2.24, 2.45) is 5.92 Å². The lowest BCUT2D eigenvalue weighted by atomic mass is 9.76. The van der Waals surface area contributed by atoms with E-state index in [0.29, 0.717) is 31.1 Å². The normalized spacial score (nSPS) is 21.4. The van der Waals surface area contributed by atoms with Crippen LogP contribution >= 0.6 is 0 Å². The Morgan fingerprint density at radius 3 is 2.19 bits per heavy atom. The topological polar surface area (TPSA) is 77.7 Å². The zero-order valence-corrected chi connectivity index (χ0v) is 30.0. The van der Waals surface area contributed by atoms with Crippen LogP contribution in [0.5, 0.6) is 0 Å². The Labute approximate surface area is 281 Å². The first kappa shape index (κ1) is 33.6. The molecule has 2 N–H and O–H groups in total. The van der Waals surface area contributed by atoms with Gasteiger partial charge in [0.15, 0.2) is 0 Å². The van der Waals surface area contributed by atoms with Crippen molar-refractivity contribution in [3.8, 4) is 11.3 Å². The molecule has 3 saturated heterocycles. The number of amides is 2. The standard InChI is InChI=1S/C40H56N4O3/c1-25-19-26(2)21-29(20-25)36-35(27(3)23-41-31-15-17-43(18-16-31)38(46)47-39(4,5)6)33-22-30(11-14-34(33)42-36)40(7,8)37(45)44-24-28-9-12-32(44)13-10-28/h11,14,19-22,27-28,31-32,41-42H,9-10,12-13,15-18,23-24H2,1-8H3/t27-,28?,32?/m1/s1. The summed E-state index contributed by atoms with van der Waals surface area (Å²) < 4.78 is 5.61. The zero-order valence-electron chi connectivity index (χ0n) is 30.0. The van der Waals surface area contributed by atoms with E-state index >= 15 is 0 Å². The second kappa shape index (κ2) is 12.9. The highest BCUT2D eigenvalue weighted by molar-refractivity contribution is 5.94. The van der Waals surface area contributed by atoms with Crippen molar-refractivity contribution in [1.29, 1.82) is 0 Å². The van der Waals surface area contributed by atoms with Crippen molar-refractivity contribution in [1.82, 2.24) is 20.1 Å². The van der Waals surface area contributed by atoms with Gasteiger partial charge >= 0.3 is 6.09 Å². The summed E-state index contributed by atoms with van der Waals surface area (Å²) in [6.07, 6.45) is 6.43. The summed E-state index contributed by atoms with van der Waals surface area (Å²) >= 11 is 0. The van der Waals surface area contributed by atoms with E-state index < -0.39 is 11.0 Å². The quantitative estimate of drug-likeness (QED) is 0.273. The van der Waals surface area contributed by atoms with Crippen LogP contribution in [0.25, 0.3) is 22.2 Å². The molecular weight excluding hydrogens is 584 g/mol. The molecule has 0 unspecified atom stereocenters. The highest BCUT2D eigenvalue weighted by Gasteiger charge is 2.42. The van der Waals surface area contributed by atoms with Gasteiger partial charge in [-0.2, -0.15) is 0 Å². The van der Waals surface area contributed by atoms with Gasteiger partial charge < -0.3 is 24.8 Å². The van der Waals surface area contributed by atoms with Crippen molar-refractivity contribution in [2.75, 3.05) is 26.2 Å². The molecule has 254 valence electrons. The highest BCUT2D eigenvalue weighted by atomic mass is 16.6. The van der Waals surface area contributed by atoms with Crippen LogP contribution in [-0.2, 0) is 14.9 Å². The zero-order chi connectivity index (χ0) is 33.7. The van der Waals surface area contributed by atoms with Gasteiger partial charge in [0.25, 0.3) is 0 Å². The molecule has 1 aromatic heterocycles. The van der Waals surface area contributed by atoms with E-state index in [9.17, 15) is 9.59 Å². The first-order chi connectivity index (χ1) is 22.2. The number of hydrogen-bond donors (Lipinski definition) is 2. The first-order valence-corrected chi connectivity index (χ1v) is 18.0. The van der Waals surface area contributed by atoms with Crippen molar-refractivity contribution in [3.63, 3.8) is 0 Å². The molecular formula is C40H56N4O3.